The maximum atomic E-state index is 11.6. The molecule has 0 aromatic heterocycles. The van der Waals surface area contributed by atoms with Crippen molar-refractivity contribution in [1.29, 1.82) is 0 Å². The molecule has 0 aromatic rings. The standard InChI is InChI=1S/C11H25N3O3S/c1-5-11(3,12)10(15)13-8-7-9-14(6-2)18(4,16)17/h5-9,12H2,1-4H3,(H,13,15). The highest BCUT2D eigenvalue weighted by atomic mass is 32.2. The van der Waals surface area contributed by atoms with Crippen molar-refractivity contribution in [1.82, 2.24) is 9.62 Å². The molecule has 0 radical (unpaired) electrons. The van der Waals surface area contributed by atoms with Gasteiger partial charge in [0, 0.05) is 19.6 Å². The Morgan fingerprint density at radius 2 is 1.94 bits per heavy atom. The summed E-state index contributed by atoms with van der Waals surface area (Å²) in [4.78, 5) is 11.6. The molecule has 1 atom stereocenters. The fourth-order valence-corrected chi connectivity index (χ4v) is 2.31. The summed E-state index contributed by atoms with van der Waals surface area (Å²) in [5.41, 5.74) is 4.92. The Balaban J connectivity index is 4.05. The first kappa shape index (κ1) is 17.3. The highest BCUT2D eigenvalue weighted by Gasteiger charge is 2.25. The average Bonchev–Trinajstić information content (AvgIpc) is 2.26. The summed E-state index contributed by atoms with van der Waals surface area (Å²) in [6, 6.07) is 0. The van der Waals surface area contributed by atoms with Gasteiger partial charge in [0.15, 0.2) is 0 Å². The molecular weight excluding hydrogens is 254 g/mol. The van der Waals surface area contributed by atoms with Gasteiger partial charge in [-0.05, 0) is 19.8 Å². The largest absolute Gasteiger partial charge is 0.354 e. The van der Waals surface area contributed by atoms with E-state index < -0.39 is 15.6 Å². The van der Waals surface area contributed by atoms with Crippen LogP contribution in [-0.2, 0) is 14.8 Å². The summed E-state index contributed by atoms with van der Waals surface area (Å²) in [5, 5.41) is 2.72. The molecule has 6 nitrogen and oxygen atoms in total. The third-order valence-electron chi connectivity index (χ3n) is 2.94. The minimum atomic E-state index is -3.15. The van der Waals surface area contributed by atoms with Crippen LogP contribution in [0.4, 0.5) is 0 Å². The molecule has 3 N–H and O–H groups in total. The minimum absolute atomic E-state index is 0.201. The first-order valence-corrected chi connectivity index (χ1v) is 8.02. The van der Waals surface area contributed by atoms with Gasteiger partial charge in [-0.25, -0.2) is 12.7 Å². The van der Waals surface area contributed by atoms with Gasteiger partial charge in [0.2, 0.25) is 15.9 Å². The van der Waals surface area contributed by atoms with Gasteiger partial charge in [-0.15, -0.1) is 0 Å². The van der Waals surface area contributed by atoms with Crippen molar-refractivity contribution in [3.05, 3.63) is 0 Å². The van der Waals surface area contributed by atoms with Crippen molar-refractivity contribution >= 4 is 15.9 Å². The van der Waals surface area contributed by atoms with Crippen LogP contribution in [0.25, 0.3) is 0 Å². The Kier molecular flexibility index (Phi) is 6.80. The second-order valence-electron chi connectivity index (χ2n) is 4.64. The van der Waals surface area contributed by atoms with Crippen LogP contribution in [0, 0.1) is 0 Å². The van der Waals surface area contributed by atoms with Crippen LogP contribution in [0.2, 0.25) is 0 Å². The lowest BCUT2D eigenvalue weighted by Gasteiger charge is -2.22. The van der Waals surface area contributed by atoms with Crippen molar-refractivity contribution in [2.45, 2.75) is 39.2 Å². The molecule has 0 aliphatic carbocycles. The molecule has 18 heavy (non-hydrogen) atoms. The molecule has 7 heteroatoms. The van der Waals surface area contributed by atoms with Crippen LogP contribution in [0.5, 0.6) is 0 Å². The van der Waals surface area contributed by atoms with Crippen molar-refractivity contribution < 1.29 is 13.2 Å². The summed E-state index contributed by atoms with van der Waals surface area (Å²) in [7, 11) is -3.15. The van der Waals surface area contributed by atoms with E-state index in [0.717, 1.165) is 0 Å². The molecule has 0 saturated carbocycles. The van der Waals surface area contributed by atoms with Gasteiger partial charge < -0.3 is 11.1 Å². The first-order chi connectivity index (χ1) is 8.15. The Hall–Kier alpha value is -0.660. The average molecular weight is 279 g/mol. The summed E-state index contributed by atoms with van der Waals surface area (Å²) in [6.45, 7) is 6.59. The number of nitrogens with zero attached hydrogens (tertiary/aromatic N) is 1. The van der Waals surface area contributed by atoms with Crippen molar-refractivity contribution in [3.63, 3.8) is 0 Å². The van der Waals surface area contributed by atoms with Gasteiger partial charge in [0.05, 0.1) is 11.8 Å². The van der Waals surface area contributed by atoms with E-state index in [-0.39, 0.29) is 5.91 Å². The number of rotatable bonds is 8. The lowest BCUT2D eigenvalue weighted by Crippen LogP contribution is -2.51. The van der Waals surface area contributed by atoms with Gasteiger partial charge in [-0.3, -0.25) is 4.79 Å². The summed E-state index contributed by atoms with van der Waals surface area (Å²) >= 11 is 0. The highest BCUT2D eigenvalue weighted by molar-refractivity contribution is 7.88. The zero-order chi connectivity index (χ0) is 14.4. The number of sulfonamides is 1. The summed E-state index contributed by atoms with van der Waals surface area (Å²) in [5.74, 6) is -0.201. The van der Waals surface area contributed by atoms with E-state index in [1.54, 1.807) is 13.8 Å². The van der Waals surface area contributed by atoms with Crippen LogP contribution >= 0.6 is 0 Å². The van der Waals surface area contributed by atoms with Crippen LogP contribution < -0.4 is 11.1 Å². The third-order valence-corrected chi connectivity index (χ3v) is 4.32. The Labute approximate surface area is 110 Å². The van der Waals surface area contributed by atoms with E-state index in [9.17, 15) is 13.2 Å². The first-order valence-electron chi connectivity index (χ1n) is 6.17. The maximum absolute atomic E-state index is 11.6. The van der Waals surface area contributed by atoms with Crippen LogP contribution in [-0.4, -0.2) is 50.1 Å². The zero-order valence-electron chi connectivity index (χ0n) is 11.7. The lowest BCUT2D eigenvalue weighted by molar-refractivity contribution is -0.125. The van der Waals surface area contributed by atoms with Gasteiger partial charge in [-0.2, -0.15) is 0 Å². The predicted molar refractivity (Wildman–Crippen MR) is 72.6 cm³/mol. The number of carbonyl (C=O) groups is 1. The van der Waals surface area contributed by atoms with Crippen LogP contribution in [0.15, 0.2) is 0 Å². The molecule has 0 spiro atoms. The number of amides is 1. The molecule has 1 amide bonds. The van der Waals surface area contributed by atoms with E-state index in [4.69, 9.17) is 5.73 Å². The van der Waals surface area contributed by atoms with Crippen molar-refractivity contribution in [3.8, 4) is 0 Å². The van der Waals surface area contributed by atoms with Crippen molar-refractivity contribution in [2.75, 3.05) is 25.9 Å². The molecule has 0 saturated heterocycles. The number of nitrogens with two attached hydrogens (primary N) is 1. The normalized spacial score (nSPS) is 15.4. The molecule has 0 heterocycles. The van der Waals surface area contributed by atoms with Gasteiger partial charge in [0.25, 0.3) is 0 Å². The third kappa shape index (κ3) is 5.79. The molecule has 0 rings (SSSR count). The second kappa shape index (κ2) is 7.06. The van der Waals surface area contributed by atoms with Crippen molar-refractivity contribution in [2.24, 2.45) is 5.73 Å². The molecular formula is C11H25N3O3S. The van der Waals surface area contributed by atoms with E-state index in [1.807, 2.05) is 6.92 Å². The second-order valence-corrected chi connectivity index (χ2v) is 6.62. The molecule has 0 aromatic carbocycles. The van der Waals surface area contributed by atoms with Gasteiger partial charge in [-0.1, -0.05) is 13.8 Å². The summed E-state index contributed by atoms with van der Waals surface area (Å²) in [6.07, 6.45) is 2.32. The molecule has 0 bridgehead atoms. The van der Waals surface area contributed by atoms with E-state index >= 15 is 0 Å². The van der Waals surface area contributed by atoms with E-state index in [2.05, 4.69) is 5.32 Å². The molecule has 0 fully saturated rings. The number of carbonyl (C=O) groups excluding carboxylic acids is 1. The highest BCUT2D eigenvalue weighted by Crippen LogP contribution is 2.04. The van der Waals surface area contributed by atoms with E-state index in [1.165, 1.54) is 10.6 Å². The molecule has 108 valence electrons. The lowest BCUT2D eigenvalue weighted by atomic mass is 10.00. The molecule has 0 aliphatic heterocycles. The number of hydrogen-bond donors (Lipinski definition) is 2. The quantitative estimate of drug-likeness (QED) is 0.607. The fourth-order valence-electron chi connectivity index (χ4n) is 1.38. The maximum Gasteiger partial charge on any atom is 0.239 e. The smallest absolute Gasteiger partial charge is 0.239 e. The Bertz CT molecular complexity index is 366. The molecule has 1 unspecified atom stereocenters. The topological polar surface area (TPSA) is 92.5 Å². The zero-order valence-corrected chi connectivity index (χ0v) is 12.5. The number of nitrogens with one attached hydrogen (secondary N) is 1. The number of hydrogen-bond acceptors (Lipinski definition) is 4. The SMILES string of the molecule is CCN(CCCNC(=O)C(C)(N)CC)S(C)(=O)=O. The van der Waals surface area contributed by atoms with Gasteiger partial charge >= 0.3 is 0 Å². The minimum Gasteiger partial charge on any atom is -0.354 e. The summed E-state index contributed by atoms with van der Waals surface area (Å²) < 4.78 is 24.0. The fraction of sp³-hybridized carbons (Fsp3) is 0.909. The van der Waals surface area contributed by atoms with Crippen LogP contribution in [0.1, 0.15) is 33.6 Å². The predicted octanol–water partition coefficient (Wildman–Crippen LogP) is -0.0984. The Morgan fingerprint density at radius 1 is 1.39 bits per heavy atom. The van der Waals surface area contributed by atoms with Crippen LogP contribution in [0.3, 0.4) is 0 Å². The van der Waals surface area contributed by atoms with E-state index in [0.29, 0.717) is 32.5 Å². The van der Waals surface area contributed by atoms with Gasteiger partial charge in [0.1, 0.15) is 0 Å². The molecule has 0 aliphatic rings. The Morgan fingerprint density at radius 3 is 2.33 bits per heavy atom. The monoisotopic (exact) mass is 279 g/mol.